The molecule has 1 amide bonds. The molecule has 0 spiro atoms. The summed E-state index contributed by atoms with van der Waals surface area (Å²) in [6.07, 6.45) is 7.56. The van der Waals surface area contributed by atoms with Gasteiger partial charge in [-0.3, -0.25) is 4.79 Å². The van der Waals surface area contributed by atoms with Crippen LogP contribution in [0.15, 0.2) is 36.5 Å². The molecule has 2 heterocycles. The Hall–Kier alpha value is -2.63. The van der Waals surface area contributed by atoms with Gasteiger partial charge in [-0.2, -0.15) is 5.10 Å². The summed E-state index contributed by atoms with van der Waals surface area (Å²) in [6, 6.07) is 10.6. The van der Waals surface area contributed by atoms with Crippen LogP contribution in [-0.2, 0) is 11.2 Å². The lowest BCUT2D eigenvalue weighted by molar-refractivity contribution is -0.132. The van der Waals surface area contributed by atoms with E-state index >= 15 is 0 Å². The van der Waals surface area contributed by atoms with E-state index in [0.29, 0.717) is 24.3 Å². The van der Waals surface area contributed by atoms with E-state index in [1.54, 1.807) is 13.3 Å². The lowest BCUT2D eigenvalue weighted by Gasteiger charge is -2.38. The van der Waals surface area contributed by atoms with E-state index in [1.165, 1.54) is 11.1 Å². The largest absolute Gasteiger partial charge is 0.497 e. The number of methoxy groups -OCH3 is 1. The van der Waals surface area contributed by atoms with Crippen molar-refractivity contribution in [2.75, 3.05) is 32.1 Å². The predicted octanol–water partition coefficient (Wildman–Crippen LogP) is 3.42. The molecular weight excluding hydrogens is 364 g/mol. The molecule has 154 valence electrons. The molecule has 1 aromatic heterocycles. The molecule has 0 N–H and O–H groups in total. The Labute approximate surface area is 172 Å². The summed E-state index contributed by atoms with van der Waals surface area (Å²) in [5.41, 5.74) is 2.68. The molecule has 2 aromatic rings. The van der Waals surface area contributed by atoms with Gasteiger partial charge in [0.05, 0.1) is 7.11 Å². The number of rotatable bonds is 5. The smallest absolute Gasteiger partial charge is 0.223 e. The van der Waals surface area contributed by atoms with E-state index in [-0.39, 0.29) is 0 Å². The number of anilines is 1. The SMILES string of the molecule is COc1ccc2c(c1)CCCC2CC(=O)N1CCC(N(C)c2cccnn2)CC1. The summed E-state index contributed by atoms with van der Waals surface area (Å²) in [7, 11) is 3.77. The second-order valence-electron chi connectivity index (χ2n) is 8.16. The van der Waals surface area contributed by atoms with Gasteiger partial charge in [0.1, 0.15) is 5.75 Å². The number of likely N-dealkylation sites (tertiary alicyclic amines) is 1. The highest BCUT2D eigenvalue weighted by Crippen LogP contribution is 2.36. The molecule has 0 radical (unpaired) electrons. The molecule has 4 rings (SSSR count). The quantitative estimate of drug-likeness (QED) is 0.778. The number of hydrogen-bond donors (Lipinski definition) is 0. The van der Waals surface area contributed by atoms with Crippen molar-refractivity contribution < 1.29 is 9.53 Å². The fourth-order valence-electron chi connectivity index (χ4n) is 4.74. The summed E-state index contributed by atoms with van der Waals surface area (Å²) in [5.74, 6) is 2.42. The topological polar surface area (TPSA) is 58.6 Å². The number of carbonyl (C=O) groups is 1. The number of fused-ring (bicyclic) bond motifs is 1. The minimum absolute atomic E-state index is 0.291. The Morgan fingerprint density at radius 3 is 2.79 bits per heavy atom. The average molecular weight is 395 g/mol. The maximum absolute atomic E-state index is 13.0. The molecule has 1 atom stereocenters. The molecule has 6 nitrogen and oxygen atoms in total. The van der Waals surface area contributed by atoms with Crippen molar-refractivity contribution in [1.29, 1.82) is 0 Å². The van der Waals surface area contributed by atoms with E-state index in [2.05, 4.69) is 39.2 Å². The molecule has 29 heavy (non-hydrogen) atoms. The van der Waals surface area contributed by atoms with Crippen molar-refractivity contribution in [1.82, 2.24) is 15.1 Å². The third-order valence-electron chi connectivity index (χ3n) is 6.49. The lowest BCUT2D eigenvalue weighted by atomic mass is 9.80. The molecule has 1 aromatic carbocycles. The minimum atomic E-state index is 0.291. The zero-order chi connectivity index (χ0) is 20.2. The zero-order valence-corrected chi connectivity index (χ0v) is 17.4. The van der Waals surface area contributed by atoms with Gasteiger partial charge in [-0.05, 0) is 73.4 Å². The Bertz CT molecular complexity index is 834. The Morgan fingerprint density at radius 1 is 1.24 bits per heavy atom. The number of aromatic nitrogens is 2. The fourth-order valence-corrected chi connectivity index (χ4v) is 4.74. The number of carbonyl (C=O) groups excluding carboxylic acids is 1. The molecule has 0 saturated carbocycles. The number of hydrogen-bond acceptors (Lipinski definition) is 5. The Kier molecular flexibility index (Phi) is 5.97. The van der Waals surface area contributed by atoms with Crippen LogP contribution in [0, 0.1) is 0 Å². The van der Waals surface area contributed by atoms with Gasteiger partial charge >= 0.3 is 0 Å². The van der Waals surface area contributed by atoms with E-state index in [1.807, 2.05) is 18.2 Å². The van der Waals surface area contributed by atoms with Crippen molar-refractivity contribution >= 4 is 11.7 Å². The first-order valence-corrected chi connectivity index (χ1v) is 10.6. The van der Waals surface area contributed by atoms with E-state index < -0.39 is 0 Å². The van der Waals surface area contributed by atoms with Crippen molar-refractivity contribution in [3.63, 3.8) is 0 Å². The van der Waals surface area contributed by atoms with Gasteiger partial charge in [0.25, 0.3) is 0 Å². The highest BCUT2D eigenvalue weighted by atomic mass is 16.5. The zero-order valence-electron chi connectivity index (χ0n) is 17.4. The van der Waals surface area contributed by atoms with Crippen LogP contribution in [-0.4, -0.2) is 54.3 Å². The molecule has 1 fully saturated rings. The monoisotopic (exact) mass is 394 g/mol. The van der Waals surface area contributed by atoms with Crippen LogP contribution in [0.25, 0.3) is 0 Å². The number of ether oxygens (including phenoxy) is 1. The summed E-state index contributed by atoms with van der Waals surface area (Å²) in [6.45, 7) is 1.63. The maximum Gasteiger partial charge on any atom is 0.223 e. The molecule has 1 unspecified atom stereocenters. The first-order valence-electron chi connectivity index (χ1n) is 10.6. The molecule has 1 saturated heterocycles. The first-order chi connectivity index (χ1) is 14.2. The number of amides is 1. The number of nitrogens with zero attached hydrogens (tertiary/aromatic N) is 4. The van der Waals surface area contributed by atoms with Crippen LogP contribution < -0.4 is 9.64 Å². The molecular formula is C23H30N4O2. The standard InChI is InChI=1S/C23H30N4O2/c1-26(22-7-4-12-24-25-22)19-10-13-27(14-11-19)23(28)16-18-6-3-5-17-15-20(29-2)8-9-21(17)18/h4,7-9,12,15,18-19H,3,5-6,10-11,13-14,16H2,1-2H3. The number of benzene rings is 1. The van der Waals surface area contributed by atoms with Crippen molar-refractivity contribution in [3.05, 3.63) is 47.7 Å². The lowest BCUT2D eigenvalue weighted by Crippen LogP contribution is -2.46. The molecule has 6 heteroatoms. The summed E-state index contributed by atoms with van der Waals surface area (Å²) < 4.78 is 5.37. The molecule has 0 bridgehead atoms. The highest BCUT2D eigenvalue weighted by molar-refractivity contribution is 5.77. The second-order valence-corrected chi connectivity index (χ2v) is 8.16. The molecule has 2 aliphatic rings. The van der Waals surface area contributed by atoms with Gasteiger partial charge in [0.15, 0.2) is 5.82 Å². The number of aryl methyl sites for hydroxylation is 1. The predicted molar refractivity (Wildman–Crippen MR) is 113 cm³/mol. The Balaban J connectivity index is 1.34. The second kappa shape index (κ2) is 8.80. The third kappa shape index (κ3) is 4.36. The van der Waals surface area contributed by atoms with E-state index in [4.69, 9.17) is 4.74 Å². The van der Waals surface area contributed by atoms with Crippen LogP contribution in [0.2, 0.25) is 0 Å². The first kappa shape index (κ1) is 19.7. The van der Waals surface area contributed by atoms with Gasteiger partial charge < -0.3 is 14.5 Å². The Morgan fingerprint density at radius 2 is 2.07 bits per heavy atom. The van der Waals surface area contributed by atoms with Gasteiger partial charge in [0, 0.05) is 38.8 Å². The summed E-state index contributed by atoms with van der Waals surface area (Å²) in [5, 5.41) is 8.18. The molecule has 1 aliphatic heterocycles. The third-order valence-corrected chi connectivity index (χ3v) is 6.49. The van der Waals surface area contributed by atoms with Crippen molar-refractivity contribution in [2.24, 2.45) is 0 Å². The van der Waals surface area contributed by atoms with Crippen LogP contribution in [0.3, 0.4) is 0 Å². The normalized spacial score (nSPS) is 19.5. The van der Waals surface area contributed by atoms with Crippen LogP contribution in [0.5, 0.6) is 5.75 Å². The van der Waals surface area contributed by atoms with Gasteiger partial charge in [-0.15, -0.1) is 5.10 Å². The van der Waals surface area contributed by atoms with E-state index in [0.717, 1.165) is 56.8 Å². The van der Waals surface area contributed by atoms with Gasteiger partial charge in [-0.25, -0.2) is 0 Å². The fraction of sp³-hybridized carbons (Fsp3) is 0.522. The summed E-state index contributed by atoms with van der Waals surface area (Å²) in [4.78, 5) is 17.3. The maximum atomic E-state index is 13.0. The van der Waals surface area contributed by atoms with Crippen LogP contribution in [0.4, 0.5) is 5.82 Å². The molecule has 1 aliphatic carbocycles. The van der Waals surface area contributed by atoms with Crippen molar-refractivity contribution in [2.45, 2.75) is 50.5 Å². The van der Waals surface area contributed by atoms with Gasteiger partial charge in [0.2, 0.25) is 5.91 Å². The van der Waals surface area contributed by atoms with Crippen molar-refractivity contribution in [3.8, 4) is 5.75 Å². The summed E-state index contributed by atoms with van der Waals surface area (Å²) >= 11 is 0. The highest BCUT2D eigenvalue weighted by Gasteiger charge is 2.29. The van der Waals surface area contributed by atoms with Crippen LogP contribution >= 0.6 is 0 Å². The van der Waals surface area contributed by atoms with Gasteiger partial charge in [-0.1, -0.05) is 6.07 Å². The van der Waals surface area contributed by atoms with E-state index in [9.17, 15) is 4.79 Å². The minimum Gasteiger partial charge on any atom is -0.497 e. The number of piperidine rings is 1. The average Bonchev–Trinajstić information content (AvgIpc) is 2.79. The van der Waals surface area contributed by atoms with Crippen LogP contribution in [0.1, 0.15) is 49.1 Å².